The molecule has 0 amide bonds. The van der Waals surface area contributed by atoms with Gasteiger partial charge in [0, 0.05) is 5.88 Å². The van der Waals surface area contributed by atoms with Crippen molar-refractivity contribution in [3.05, 3.63) is 6.33 Å². The summed E-state index contributed by atoms with van der Waals surface area (Å²) in [6.45, 7) is 0.344. The molecule has 0 radical (unpaired) electrons. The summed E-state index contributed by atoms with van der Waals surface area (Å²) in [5, 5.41) is 20.2. The zero-order chi connectivity index (χ0) is 12.4. The molecule has 0 bridgehead atoms. The van der Waals surface area contributed by atoms with Crippen LogP contribution in [0.1, 0.15) is 0 Å². The van der Waals surface area contributed by atoms with E-state index in [1.54, 1.807) is 22.5 Å². The zero-order valence-corrected chi connectivity index (χ0v) is 9.33. The molecule has 0 spiro atoms. The lowest BCUT2D eigenvalue weighted by Gasteiger charge is -2.03. The van der Waals surface area contributed by atoms with Crippen LogP contribution >= 0.6 is 0 Å². The highest BCUT2D eigenvalue weighted by Gasteiger charge is 2.17. The third-order valence-corrected chi connectivity index (χ3v) is 2.25. The van der Waals surface area contributed by atoms with Gasteiger partial charge in [-0.25, -0.2) is 9.55 Å². The van der Waals surface area contributed by atoms with Crippen molar-refractivity contribution in [1.82, 2.24) is 14.5 Å². The summed E-state index contributed by atoms with van der Waals surface area (Å²) in [6, 6.07) is 0. The van der Waals surface area contributed by atoms with E-state index in [1.807, 2.05) is 0 Å². The maximum Gasteiger partial charge on any atom is 0.308 e. The molecular weight excluding hydrogens is 226 g/mol. The summed E-state index contributed by atoms with van der Waals surface area (Å²) in [5.41, 5.74) is 6.22. The van der Waals surface area contributed by atoms with Crippen LogP contribution in [0, 0.1) is 0 Å². The highest BCUT2D eigenvalue weighted by molar-refractivity contribution is 5.73. The van der Waals surface area contributed by atoms with Crippen LogP contribution in [0.25, 0.3) is 11.2 Å². The molecule has 0 aliphatic carbocycles. The Morgan fingerprint density at radius 3 is 3.06 bits per heavy atom. The van der Waals surface area contributed by atoms with Gasteiger partial charge in [0.15, 0.2) is 18.6 Å². The van der Waals surface area contributed by atoms with Crippen LogP contribution in [-0.2, 0) is 18.5 Å². The van der Waals surface area contributed by atoms with E-state index in [2.05, 4.69) is 9.97 Å². The van der Waals surface area contributed by atoms with Gasteiger partial charge in [-0.1, -0.05) is 4.98 Å². The minimum Gasteiger partial charge on any atom is -0.856 e. The number of nitrogen functional groups attached to an aromatic ring is 1. The molecule has 0 fully saturated rings. The zero-order valence-electron chi connectivity index (χ0n) is 9.33. The van der Waals surface area contributed by atoms with Gasteiger partial charge in [-0.2, -0.15) is 0 Å². The monoisotopic (exact) mass is 239 g/mol. The highest BCUT2D eigenvalue weighted by Crippen LogP contribution is 2.16. The van der Waals surface area contributed by atoms with E-state index in [-0.39, 0.29) is 25.9 Å². The average Bonchev–Trinajstić information content (AvgIpc) is 2.56. The average molecular weight is 239 g/mol. The standard InChI is InChI=1S/C9H13N5O3/c1-13-4-14(5-17-3-2-15)7-6(13)8(16)12-9(10)11-7/h4,15H,2-3,5H2,1H3,(H2-,10,11,12,16). The van der Waals surface area contributed by atoms with Crippen LogP contribution < -0.4 is 15.4 Å². The summed E-state index contributed by atoms with van der Waals surface area (Å²) in [4.78, 5) is 7.57. The van der Waals surface area contributed by atoms with E-state index in [0.717, 1.165) is 0 Å². The van der Waals surface area contributed by atoms with Gasteiger partial charge in [-0.3, -0.25) is 4.57 Å². The molecule has 0 aromatic carbocycles. The Morgan fingerprint density at radius 1 is 1.59 bits per heavy atom. The normalized spacial score (nSPS) is 11.2. The summed E-state index contributed by atoms with van der Waals surface area (Å²) in [5.74, 6) is -0.486. The topological polar surface area (TPSA) is 113 Å². The van der Waals surface area contributed by atoms with E-state index in [9.17, 15) is 5.11 Å². The van der Waals surface area contributed by atoms with Crippen molar-refractivity contribution < 1.29 is 19.5 Å². The number of fused-ring (bicyclic) bond motifs is 1. The Hall–Kier alpha value is -1.93. The second-order valence-corrected chi connectivity index (χ2v) is 3.52. The largest absolute Gasteiger partial charge is 0.856 e. The molecule has 0 saturated carbocycles. The summed E-state index contributed by atoms with van der Waals surface area (Å²) < 4.78 is 8.41. The summed E-state index contributed by atoms with van der Waals surface area (Å²) >= 11 is 0. The molecule has 8 heteroatoms. The number of hydrogen-bond acceptors (Lipinski definition) is 6. The number of aryl methyl sites for hydroxylation is 1. The molecule has 2 rings (SSSR count). The number of aromatic nitrogens is 4. The second kappa shape index (κ2) is 4.52. The van der Waals surface area contributed by atoms with Gasteiger partial charge in [0.2, 0.25) is 0 Å². The van der Waals surface area contributed by atoms with Crippen molar-refractivity contribution >= 4 is 17.1 Å². The number of anilines is 1. The van der Waals surface area contributed by atoms with E-state index >= 15 is 0 Å². The first kappa shape index (κ1) is 11.6. The molecule has 0 unspecified atom stereocenters. The Labute approximate surface area is 96.9 Å². The van der Waals surface area contributed by atoms with E-state index in [1.165, 1.54) is 0 Å². The first-order valence-electron chi connectivity index (χ1n) is 5.01. The van der Waals surface area contributed by atoms with Crippen LogP contribution in [0.2, 0.25) is 0 Å². The molecule has 0 aliphatic rings. The third-order valence-electron chi connectivity index (χ3n) is 2.25. The number of aliphatic hydroxyl groups excluding tert-OH is 1. The maximum absolute atomic E-state index is 11.6. The van der Waals surface area contributed by atoms with Crippen molar-refractivity contribution in [2.24, 2.45) is 7.05 Å². The van der Waals surface area contributed by atoms with Crippen molar-refractivity contribution in [2.45, 2.75) is 6.73 Å². The second-order valence-electron chi connectivity index (χ2n) is 3.52. The quantitative estimate of drug-likeness (QED) is 0.466. The molecule has 0 atom stereocenters. The fourth-order valence-electron chi connectivity index (χ4n) is 1.59. The minimum atomic E-state index is -0.420. The number of nitrogens with two attached hydrogens (primary N) is 1. The van der Waals surface area contributed by atoms with Gasteiger partial charge in [-0.15, -0.1) is 0 Å². The summed E-state index contributed by atoms with van der Waals surface area (Å²) in [7, 11) is 1.71. The van der Waals surface area contributed by atoms with Crippen molar-refractivity contribution in [3.63, 3.8) is 0 Å². The highest BCUT2D eigenvalue weighted by atomic mass is 16.5. The number of hydrogen-bond donors (Lipinski definition) is 2. The maximum atomic E-state index is 11.6. The number of imidazole rings is 1. The predicted molar refractivity (Wildman–Crippen MR) is 55.6 cm³/mol. The smallest absolute Gasteiger partial charge is 0.308 e. The molecular formula is C9H13N5O3. The van der Waals surface area contributed by atoms with E-state index in [4.69, 9.17) is 15.6 Å². The molecule has 17 heavy (non-hydrogen) atoms. The Kier molecular flexibility index (Phi) is 3.07. The van der Waals surface area contributed by atoms with Crippen LogP contribution in [0.5, 0.6) is 5.88 Å². The first-order chi connectivity index (χ1) is 8.13. The van der Waals surface area contributed by atoms with Gasteiger partial charge in [0.05, 0.1) is 20.3 Å². The lowest BCUT2D eigenvalue weighted by molar-refractivity contribution is -0.711. The van der Waals surface area contributed by atoms with Crippen molar-refractivity contribution in [3.8, 4) is 5.88 Å². The third kappa shape index (κ3) is 2.12. The van der Waals surface area contributed by atoms with Gasteiger partial charge in [-0.05, 0) is 0 Å². The predicted octanol–water partition coefficient (Wildman–Crippen LogP) is -2.12. The Bertz CT molecular complexity index is 539. The number of ether oxygens (including phenoxy) is 1. The Morgan fingerprint density at radius 2 is 2.35 bits per heavy atom. The first-order valence-corrected chi connectivity index (χ1v) is 5.01. The van der Waals surface area contributed by atoms with Crippen LogP contribution in [0.4, 0.5) is 5.95 Å². The van der Waals surface area contributed by atoms with Crippen LogP contribution in [-0.4, -0.2) is 32.9 Å². The van der Waals surface area contributed by atoms with Gasteiger partial charge in [0.1, 0.15) is 0 Å². The van der Waals surface area contributed by atoms with Gasteiger partial charge < -0.3 is 20.7 Å². The molecule has 2 heterocycles. The SMILES string of the molecule is Cn1c[n+](COCCO)c2nc(N)nc([O-])c21. The van der Waals surface area contributed by atoms with Crippen molar-refractivity contribution in [2.75, 3.05) is 18.9 Å². The summed E-state index contributed by atoms with van der Waals surface area (Å²) in [6.07, 6.45) is 1.66. The fraction of sp³-hybridized carbons (Fsp3) is 0.444. The molecule has 0 aliphatic heterocycles. The molecule has 92 valence electrons. The van der Waals surface area contributed by atoms with Crippen molar-refractivity contribution in [1.29, 1.82) is 0 Å². The fourth-order valence-corrected chi connectivity index (χ4v) is 1.59. The Balaban J connectivity index is 2.43. The molecule has 2 aromatic rings. The molecule has 3 N–H and O–H groups in total. The lowest BCUT2D eigenvalue weighted by Crippen LogP contribution is -2.35. The van der Waals surface area contributed by atoms with Gasteiger partial charge >= 0.3 is 5.65 Å². The lowest BCUT2D eigenvalue weighted by atomic mass is 10.5. The van der Waals surface area contributed by atoms with Gasteiger partial charge in [0.25, 0.3) is 5.95 Å². The molecule has 8 nitrogen and oxygen atoms in total. The van der Waals surface area contributed by atoms with Crippen LogP contribution in [0.15, 0.2) is 6.33 Å². The van der Waals surface area contributed by atoms with Crippen LogP contribution in [0.3, 0.4) is 0 Å². The van der Waals surface area contributed by atoms with E-state index in [0.29, 0.717) is 11.2 Å². The number of rotatable bonds is 4. The minimum absolute atomic E-state index is 0.0603. The molecule has 0 saturated heterocycles. The number of nitrogens with zero attached hydrogens (tertiary/aromatic N) is 4. The molecule has 2 aromatic heterocycles. The van der Waals surface area contributed by atoms with E-state index < -0.39 is 5.88 Å². The number of aliphatic hydroxyl groups is 1.